The van der Waals surface area contributed by atoms with Gasteiger partial charge in [0.05, 0.1) is 33.1 Å². The molecule has 1 aromatic carbocycles. The Bertz CT molecular complexity index is 1200. The fourth-order valence-electron chi connectivity index (χ4n) is 2.84. The third-order valence-electron chi connectivity index (χ3n) is 4.54. The Labute approximate surface area is 191 Å². The molecule has 6 nitrogen and oxygen atoms in total. The molecule has 0 aliphatic heterocycles. The number of anilines is 2. The molecule has 2 N–H and O–H groups in total. The zero-order chi connectivity index (χ0) is 22.9. The Balaban J connectivity index is 1.81. The Morgan fingerprint density at radius 1 is 1.03 bits per heavy atom. The highest BCUT2D eigenvalue weighted by Gasteiger charge is 2.24. The molecule has 3 aromatic rings. The Morgan fingerprint density at radius 2 is 1.74 bits per heavy atom. The maximum Gasteiger partial charge on any atom is 0.341 e. The summed E-state index contributed by atoms with van der Waals surface area (Å²) >= 11 is 8.30. The van der Waals surface area contributed by atoms with Gasteiger partial charge in [0.25, 0.3) is 11.8 Å². The number of nitrogens with one attached hydrogen (secondary N) is 2. The molecule has 0 saturated heterocycles. The zero-order valence-electron chi connectivity index (χ0n) is 17.0. The summed E-state index contributed by atoms with van der Waals surface area (Å²) in [6.07, 6.45) is 0. The van der Waals surface area contributed by atoms with Gasteiger partial charge < -0.3 is 15.4 Å². The molecule has 0 bridgehead atoms. The number of hydrogen-bond acceptors (Lipinski definition) is 6. The number of halogens is 2. The highest BCUT2D eigenvalue weighted by molar-refractivity contribution is 7.19. The van der Waals surface area contributed by atoms with Crippen LogP contribution in [-0.2, 0) is 4.74 Å². The predicted octanol–water partition coefficient (Wildman–Crippen LogP) is 5.82. The molecular weight excluding hydrogens is 463 g/mol. The van der Waals surface area contributed by atoms with Gasteiger partial charge in [0.1, 0.15) is 10.8 Å². The maximum atomic E-state index is 13.2. The molecule has 2 heterocycles. The van der Waals surface area contributed by atoms with Crippen LogP contribution in [0, 0.1) is 26.6 Å². The Hall–Kier alpha value is -2.75. The van der Waals surface area contributed by atoms with Gasteiger partial charge in [-0.25, -0.2) is 9.18 Å². The number of esters is 1. The fraction of sp³-hybridized carbons (Fsp3) is 0.190. The molecule has 2 amide bonds. The number of thiophene rings is 2. The first-order valence-corrected chi connectivity index (χ1v) is 11.0. The molecule has 0 unspecified atom stereocenters. The van der Waals surface area contributed by atoms with Crippen molar-refractivity contribution in [1.82, 2.24) is 0 Å². The summed E-state index contributed by atoms with van der Waals surface area (Å²) in [5.41, 5.74) is 1.84. The average Bonchev–Trinajstić information content (AvgIpc) is 3.20. The minimum Gasteiger partial charge on any atom is -0.465 e. The van der Waals surface area contributed by atoms with Crippen molar-refractivity contribution in [2.24, 2.45) is 0 Å². The van der Waals surface area contributed by atoms with Crippen LogP contribution in [0.2, 0.25) is 5.02 Å². The summed E-state index contributed by atoms with van der Waals surface area (Å²) < 4.78 is 18.0. The smallest absolute Gasteiger partial charge is 0.341 e. The summed E-state index contributed by atoms with van der Waals surface area (Å²) in [4.78, 5) is 38.7. The number of carbonyl (C=O) groups excluding carboxylic acids is 3. The monoisotopic (exact) mass is 480 g/mol. The molecule has 0 radical (unpaired) electrons. The first-order chi connectivity index (χ1) is 14.6. The molecule has 0 fully saturated rings. The molecule has 162 valence electrons. The summed E-state index contributed by atoms with van der Waals surface area (Å²) in [6, 6.07) is 5.14. The summed E-state index contributed by atoms with van der Waals surface area (Å²) in [7, 11) is 1.28. The minimum absolute atomic E-state index is 0.0116. The topological polar surface area (TPSA) is 84.5 Å². The average molecular weight is 481 g/mol. The van der Waals surface area contributed by atoms with Gasteiger partial charge in [-0.2, -0.15) is 0 Å². The quantitative estimate of drug-likeness (QED) is 0.451. The standard InChI is InChI=1S/C21H18ClFN2O4S2/c1-9-7-15(24-18(26)13-6-5-12(23)8-14(13)22)31-17(9)19(27)25-20-16(21(28)29-4)10(2)11(3)30-20/h5-8H,1-4H3,(H,24,26)(H,25,27). The first-order valence-electron chi connectivity index (χ1n) is 8.98. The van der Waals surface area contributed by atoms with Crippen molar-refractivity contribution in [3.8, 4) is 0 Å². The van der Waals surface area contributed by atoms with Crippen molar-refractivity contribution in [2.45, 2.75) is 20.8 Å². The first kappa shape index (κ1) is 22.9. The third-order valence-corrected chi connectivity index (χ3v) is 7.13. The molecule has 0 atom stereocenters. The van der Waals surface area contributed by atoms with E-state index in [1.807, 2.05) is 6.92 Å². The van der Waals surface area contributed by atoms with E-state index < -0.39 is 23.6 Å². The van der Waals surface area contributed by atoms with E-state index >= 15 is 0 Å². The van der Waals surface area contributed by atoms with Crippen LogP contribution in [0.3, 0.4) is 0 Å². The lowest BCUT2D eigenvalue weighted by Gasteiger charge is -2.06. The van der Waals surface area contributed by atoms with Gasteiger partial charge >= 0.3 is 5.97 Å². The molecule has 2 aromatic heterocycles. The van der Waals surface area contributed by atoms with E-state index in [2.05, 4.69) is 10.6 Å². The molecule has 0 saturated carbocycles. The molecular formula is C21H18ClFN2O4S2. The van der Waals surface area contributed by atoms with Crippen LogP contribution < -0.4 is 10.6 Å². The van der Waals surface area contributed by atoms with Crippen LogP contribution in [-0.4, -0.2) is 24.9 Å². The predicted molar refractivity (Wildman–Crippen MR) is 122 cm³/mol. The van der Waals surface area contributed by atoms with Crippen LogP contribution >= 0.6 is 34.3 Å². The number of benzene rings is 1. The molecule has 0 spiro atoms. The lowest BCUT2D eigenvalue weighted by atomic mass is 10.1. The van der Waals surface area contributed by atoms with Crippen molar-refractivity contribution < 1.29 is 23.5 Å². The van der Waals surface area contributed by atoms with Crippen molar-refractivity contribution >= 4 is 62.1 Å². The molecule has 10 heteroatoms. The lowest BCUT2D eigenvalue weighted by molar-refractivity contribution is 0.0601. The van der Waals surface area contributed by atoms with Gasteiger partial charge in [-0.15, -0.1) is 22.7 Å². The van der Waals surface area contributed by atoms with Crippen LogP contribution in [0.15, 0.2) is 24.3 Å². The second-order valence-electron chi connectivity index (χ2n) is 6.63. The van der Waals surface area contributed by atoms with Crippen molar-refractivity contribution in [1.29, 1.82) is 0 Å². The fourth-order valence-corrected chi connectivity index (χ4v) is 5.10. The number of aryl methyl sites for hydroxylation is 2. The van der Waals surface area contributed by atoms with Gasteiger partial charge in [0, 0.05) is 4.88 Å². The Kier molecular flexibility index (Phi) is 6.78. The van der Waals surface area contributed by atoms with Crippen LogP contribution in [0.4, 0.5) is 14.4 Å². The van der Waals surface area contributed by atoms with Crippen molar-refractivity contribution in [2.75, 3.05) is 17.7 Å². The number of rotatable bonds is 5. The molecule has 0 aliphatic carbocycles. The third kappa shape index (κ3) is 4.79. The number of carbonyl (C=O) groups is 3. The van der Waals surface area contributed by atoms with Crippen molar-refractivity contribution in [3.05, 3.63) is 67.1 Å². The number of ether oxygens (including phenoxy) is 1. The highest BCUT2D eigenvalue weighted by atomic mass is 35.5. The van der Waals surface area contributed by atoms with Gasteiger partial charge in [0.2, 0.25) is 0 Å². The van der Waals surface area contributed by atoms with E-state index in [0.717, 1.165) is 33.9 Å². The van der Waals surface area contributed by atoms with Crippen molar-refractivity contribution in [3.63, 3.8) is 0 Å². The van der Waals surface area contributed by atoms with E-state index in [9.17, 15) is 18.8 Å². The van der Waals surface area contributed by atoms with Gasteiger partial charge in [-0.3, -0.25) is 9.59 Å². The molecule has 0 aliphatic rings. The normalized spacial score (nSPS) is 10.6. The van der Waals surface area contributed by atoms with Crippen LogP contribution in [0.25, 0.3) is 0 Å². The minimum atomic E-state index is -0.544. The summed E-state index contributed by atoms with van der Waals surface area (Å²) in [6.45, 7) is 5.38. The van der Waals surface area contributed by atoms with Crippen LogP contribution in [0.5, 0.6) is 0 Å². The lowest BCUT2D eigenvalue weighted by Crippen LogP contribution is -2.14. The van der Waals surface area contributed by atoms with E-state index in [4.69, 9.17) is 16.3 Å². The SMILES string of the molecule is COC(=O)c1c(NC(=O)c2sc(NC(=O)c3ccc(F)cc3Cl)cc2C)sc(C)c1C. The van der Waals surface area contributed by atoms with E-state index in [-0.39, 0.29) is 10.6 Å². The maximum absolute atomic E-state index is 13.2. The van der Waals surface area contributed by atoms with Crippen LogP contribution in [0.1, 0.15) is 46.4 Å². The Morgan fingerprint density at radius 3 is 2.39 bits per heavy atom. The molecule has 31 heavy (non-hydrogen) atoms. The largest absolute Gasteiger partial charge is 0.465 e. The highest BCUT2D eigenvalue weighted by Crippen LogP contribution is 2.35. The second-order valence-corrected chi connectivity index (χ2v) is 9.32. The van der Waals surface area contributed by atoms with E-state index in [0.29, 0.717) is 26.0 Å². The van der Waals surface area contributed by atoms with Gasteiger partial charge in [-0.1, -0.05) is 11.6 Å². The molecule has 3 rings (SSSR count). The second kappa shape index (κ2) is 9.17. The van der Waals surface area contributed by atoms with E-state index in [1.54, 1.807) is 19.9 Å². The zero-order valence-corrected chi connectivity index (χ0v) is 19.4. The van der Waals surface area contributed by atoms with Gasteiger partial charge in [-0.05, 0) is 56.2 Å². The number of methoxy groups -OCH3 is 1. The summed E-state index contributed by atoms with van der Waals surface area (Å²) in [5, 5.41) is 6.27. The number of hydrogen-bond donors (Lipinski definition) is 2. The van der Waals surface area contributed by atoms with Gasteiger partial charge in [0.15, 0.2) is 0 Å². The number of amides is 2. The summed E-state index contributed by atoms with van der Waals surface area (Å²) in [5.74, 6) is -1.99. The van der Waals surface area contributed by atoms with E-state index in [1.165, 1.54) is 24.5 Å².